The lowest BCUT2D eigenvalue weighted by molar-refractivity contribution is -0.130. The van der Waals surface area contributed by atoms with E-state index in [2.05, 4.69) is 0 Å². The molecule has 0 saturated carbocycles. The molecule has 0 bridgehead atoms. The number of carbonyl (C=O) groups is 1. The van der Waals surface area contributed by atoms with Crippen LogP contribution in [0.3, 0.4) is 0 Å². The minimum Gasteiger partial charge on any atom is -0.341 e. The van der Waals surface area contributed by atoms with Crippen LogP contribution in [-0.4, -0.2) is 49.7 Å². The van der Waals surface area contributed by atoms with E-state index in [4.69, 9.17) is 0 Å². The van der Waals surface area contributed by atoms with Gasteiger partial charge < -0.3 is 4.90 Å². The molecule has 1 aliphatic rings. The van der Waals surface area contributed by atoms with Crippen LogP contribution in [0.25, 0.3) is 0 Å². The van der Waals surface area contributed by atoms with Gasteiger partial charge in [-0.2, -0.15) is 4.31 Å². The number of benzene rings is 1. The molecule has 0 unspecified atom stereocenters. The molecule has 2 aromatic rings. The van der Waals surface area contributed by atoms with Crippen LogP contribution in [0.15, 0.2) is 52.1 Å². The third-order valence-electron chi connectivity index (χ3n) is 4.09. The highest BCUT2D eigenvalue weighted by Crippen LogP contribution is 2.22. The fourth-order valence-electron chi connectivity index (χ4n) is 2.80. The Morgan fingerprint density at radius 1 is 1.00 bits per heavy atom. The molecule has 3 rings (SSSR count). The molecule has 0 N–H and O–H groups in total. The highest BCUT2D eigenvalue weighted by atomic mass is 32.2. The SMILES string of the molecule is O=C(Cc1ccccc1)N1CCCN(S(=O)(=O)c2cccs2)CC1. The van der Waals surface area contributed by atoms with Crippen LogP contribution in [-0.2, 0) is 21.2 Å². The zero-order chi connectivity index (χ0) is 17.0. The number of carbonyl (C=O) groups excluding carboxylic acids is 1. The molecule has 1 fully saturated rings. The molecule has 0 radical (unpaired) electrons. The predicted octanol–water partition coefficient (Wildman–Crippen LogP) is 2.21. The molecular formula is C17H20N2O3S2. The van der Waals surface area contributed by atoms with Crippen molar-refractivity contribution in [2.75, 3.05) is 26.2 Å². The molecular weight excluding hydrogens is 344 g/mol. The van der Waals surface area contributed by atoms with Crippen molar-refractivity contribution in [1.29, 1.82) is 0 Å². The summed E-state index contributed by atoms with van der Waals surface area (Å²) in [4.78, 5) is 14.2. The fourth-order valence-corrected chi connectivity index (χ4v) is 5.42. The van der Waals surface area contributed by atoms with Gasteiger partial charge in [-0.3, -0.25) is 4.79 Å². The molecule has 0 atom stereocenters. The largest absolute Gasteiger partial charge is 0.341 e. The molecule has 2 heterocycles. The number of sulfonamides is 1. The summed E-state index contributed by atoms with van der Waals surface area (Å²) in [5.41, 5.74) is 0.981. The Balaban J connectivity index is 1.64. The van der Waals surface area contributed by atoms with Gasteiger partial charge in [-0.1, -0.05) is 36.4 Å². The average molecular weight is 364 g/mol. The van der Waals surface area contributed by atoms with Crippen LogP contribution in [0.5, 0.6) is 0 Å². The Morgan fingerprint density at radius 3 is 2.50 bits per heavy atom. The second-order valence-corrected chi connectivity index (χ2v) is 8.85. The summed E-state index contributed by atoms with van der Waals surface area (Å²) in [5.74, 6) is 0.0524. The van der Waals surface area contributed by atoms with Crippen LogP contribution in [0.2, 0.25) is 0 Å². The lowest BCUT2D eigenvalue weighted by atomic mass is 10.1. The number of nitrogens with zero attached hydrogens (tertiary/aromatic N) is 2. The van der Waals surface area contributed by atoms with Crippen molar-refractivity contribution < 1.29 is 13.2 Å². The molecule has 5 nitrogen and oxygen atoms in total. The second-order valence-electron chi connectivity index (χ2n) is 5.73. The van der Waals surface area contributed by atoms with Crippen molar-refractivity contribution in [3.05, 3.63) is 53.4 Å². The molecule has 1 aliphatic heterocycles. The zero-order valence-corrected chi connectivity index (χ0v) is 14.9. The standard InChI is InChI=1S/C17H20N2O3S2/c20-16(14-15-6-2-1-3-7-15)18-9-5-10-19(12-11-18)24(21,22)17-8-4-13-23-17/h1-4,6-8,13H,5,9-12,14H2. The topological polar surface area (TPSA) is 57.7 Å². The third-order valence-corrected chi connectivity index (χ3v) is 7.37. The number of thiophene rings is 1. The van der Waals surface area contributed by atoms with Crippen molar-refractivity contribution in [2.45, 2.75) is 17.1 Å². The van der Waals surface area contributed by atoms with E-state index in [0.717, 1.165) is 5.56 Å². The summed E-state index contributed by atoms with van der Waals surface area (Å²) in [6.45, 7) is 1.84. The lowest BCUT2D eigenvalue weighted by Gasteiger charge is -2.21. The number of hydrogen-bond acceptors (Lipinski definition) is 4. The predicted molar refractivity (Wildman–Crippen MR) is 94.4 cm³/mol. The van der Waals surface area contributed by atoms with Crippen LogP contribution in [0, 0.1) is 0 Å². The maximum Gasteiger partial charge on any atom is 0.252 e. The van der Waals surface area contributed by atoms with E-state index < -0.39 is 10.0 Å². The summed E-state index contributed by atoms with van der Waals surface area (Å²) in [6.07, 6.45) is 1.02. The molecule has 1 aromatic carbocycles. The van der Waals surface area contributed by atoms with E-state index in [1.807, 2.05) is 30.3 Å². The highest BCUT2D eigenvalue weighted by molar-refractivity contribution is 7.91. The quantitative estimate of drug-likeness (QED) is 0.836. The first-order valence-electron chi connectivity index (χ1n) is 7.93. The first-order chi connectivity index (χ1) is 11.6. The van der Waals surface area contributed by atoms with Gasteiger partial charge in [-0.25, -0.2) is 8.42 Å². The van der Waals surface area contributed by atoms with Gasteiger partial charge in [0.15, 0.2) is 0 Å². The molecule has 7 heteroatoms. The first kappa shape index (κ1) is 17.1. The molecule has 0 aliphatic carbocycles. The smallest absolute Gasteiger partial charge is 0.252 e. The summed E-state index contributed by atoms with van der Waals surface area (Å²) in [5, 5.41) is 1.76. The van der Waals surface area contributed by atoms with Gasteiger partial charge in [-0.05, 0) is 23.4 Å². The third kappa shape index (κ3) is 3.85. The molecule has 1 aromatic heterocycles. The normalized spacial score (nSPS) is 16.8. The summed E-state index contributed by atoms with van der Waals surface area (Å²) >= 11 is 1.23. The Kier molecular flexibility index (Phi) is 5.33. The molecule has 0 spiro atoms. The number of amides is 1. The summed E-state index contributed by atoms with van der Waals surface area (Å²) in [6, 6.07) is 13.0. The van der Waals surface area contributed by atoms with Gasteiger partial charge in [0, 0.05) is 26.2 Å². The number of rotatable bonds is 4. The van der Waals surface area contributed by atoms with Gasteiger partial charge in [0.25, 0.3) is 10.0 Å². The Morgan fingerprint density at radius 2 is 1.79 bits per heavy atom. The Hall–Kier alpha value is -1.70. The van der Waals surface area contributed by atoms with Gasteiger partial charge in [0.05, 0.1) is 6.42 Å². The van der Waals surface area contributed by atoms with Crippen molar-refractivity contribution in [3.8, 4) is 0 Å². The van der Waals surface area contributed by atoms with Crippen LogP contribution < -0.4 is 0 Å². The number of hydrogen-bond donors (Lipinski definition) is 0. The second kappa shape index (κ2) is 7.46. The first-order valence-corrected chi connectivity index (χ1v) is 10.2. The monoisotopic (exact) mass is 364 g/mol. The van der Waals surface area contributed by atoms with Crippen LogP contribution in [0.4, 0.5) is 0 Å². The van der Waals surface area contributed by atoms with E-state index >= 15 is 0 Å². The summed E-state index contributed by atoms with van der Waals surface area (Å²) < 4.78 is 27.1. The van der Waals surface area contributed by atoms with E-state index in [0.29, 0.717) is 43.2 Å². The fraction of sp³-hybridized carbons (Fsp3) is 0.353. The zero-order valence-electron chi connectivity index (χ0n) is 13.3. The minimum atomic E-state index is -3.44. The molecule has 24 heavy (non-hydrogen) atoms. The van der Waals surface area contributed by atoms with Crippen LogP contribution in [0.1, 0.15) is 12.0 Å². The molecule has 128 valence electrons. The van der Waals surface area contributed by atoms with Crippen molar-refractivity contribution in [1.82, 2.24) is 9.21 Å². The van der Waals surface area contributed by atoms with Crippen molar-refractivity contribution >= 4 is 27.3 Å². The molecule has 1 amide bonds. The molecule has 1 saturated heterocycles. The van der Waals surface area contributed by atoms with Crippen molar-refractivity contribution in [3.63, 3.8) is 0 Å². The lowest BCUT2D eigenvalue weighted by Crippen LogP contribution is -2.37. The van der Waals surface area contributed by atoms with Crippen LogP contribution >= 0.6 is 11.3 Å². The maximum absolute atomic E-state index is 12.6. The maximum atomic E-state index is 12.6. The summed E-state index contributed by atoms with van der Waals surface area (Å²) in [7, 11) is -3.44. The van der Waals surface area contributed by atoms with Gasteiger partial charge >= 0.3 is 0 Å². The van der Waals surface area contributed by atoms with Crippen molar-refractivity contribution in [2.24, 2.45) is 0 Å². The highest BCUT2D eigenvalue weighted by Gasteiger charge is 2.28. The van der Waals surface area contributed by atoms with Gasteiger partial charge in [0.1, 0.15) is 4.21 Å². The minimum absolute atomic E-state index is 0.0524. The van der Waals surface area contributed by atoms with E-state index in [1.165, 1.54) is 15.6 Å². The van der Waals surface area contributed by atoms with Gasteiger partial charge in [-0.15, -0.1) is 11.3 Å². The Labute approximate surface area is 146 Å². The van der Waals surface area contributed by atoms with E-state index in [1.54, 1.807) is 22.4 Å². The van der Waals surface area contributed by atoms with E-state index in [-0.39, 0.29) is 5.91 Å². The van der Waals surface area contributed by atoms with Gasteiger partial charge in [0.2, 0.25) is 5.91 Å². The average Bonchev–Trinajstić information content (AvgIpc) is 3.00. The Bertz CT molecular complexity index is 773. The van der Waals surface area contributed by atoms with E-state index in [9.17, 15) is 13.2 Å².